The average molecular weight is 274 g/mol. The number of rotatable bonds is 5. The normalized spacial score (nSPS) is 10.2. The number of methoxy groups -OCH3 is 2. The van der Waals surface area contributed by atoms with Crippen molar-refractivity contribution in [2.75, 3.05) is 25.3 Å². The third kappa shape index (κ3) is 3.09. The molecule has 6 heteroatoms. The molecule has 0 aliphatic heterocycles. The van der Waals surface area contributed by atoms with E-state index in [4.69, 9.17) is 15.2 Å². The van der Waals surface area contributed by atoms with E-state index < -0.39 is 0 Å². The number of nitrogens with zero attached hydrogens (tertiary/aromatic N) is 2. The minimum atomic E-state index is 0.432. The van der Waals surface area contributed by atoms with Crippen molar-refractivity contribution in [1.82, 2.24) is 9.97 Å². The maximum atomic E-state index is 5.77. The van der Waals surface area contributed by atoms with Gasteiger partial charge in [0.15, 0.2) is 0 Å². The van der Waals surface area contributed by atoms with E-state index in [1.54, 1.807) is 20.3 Å². The molecule has 20 heavy (non-hydrogen) atoms. The van der Waals surface area contributed by atoms with E-state index in [2.05, 4.69) is 15.3 Å². The minimum Gasteiger partial charge on any atom is -0.497 e. The summed E-state index contributed by atoms with van der Waals surface area (Å²) in [5.41, 5.74) is 6.52. The third-order valence-electron chi connectivity index (χ3n) is 2.78. The molecule has 106 valence electrons. The Kier molecular flexibility index (Phi) is 4.24. The van der Waals surface area contributed by atoms with Gasteiger partial charge in [-0.2, -0.15) is 0 Å². The van der Waals surface area contributed by atoms with Gasteiger partial charge in [0.25, 0.3) is 0 Å². The largest absolute Gasteiger partial charge is 0.497 e. The van der Waals surface area contributed by atoms with Crippen LogP contribution in [0.5, 0.6) is 11.5 Å². The summed E-state index contributed by atoms with van der Waals surface area (Å²) in [4.78, 5) is 8.52. The number of ether oxygens (including phenoxy) is 2. The molecule has 0 amide bonds. The Morgan fingerprint density at radius 3 is 2.60 bits per heavy atom. The van der Waals surface area contributed by atoms with Gasteiger partial charge in [-0.15, -0.1) is 0 Å². The molecule has 2 aromatic rings. The molecule has 0 aliphatic carbocycles. The Bertz CT molecular complexity index is 602. The number of anilines is 3. The predicted octanol–water partition coefficient (Wildman–Crippen LogP) is 2.38. The molecule has 0 saturated carbocycles. The van der Waals surface area contributed by atoms with E-state index in [-0.39, 0.29) is 0 Å². The first-order chi connectivity index (χ1) is 9.66. The number of hydrogen-bond acceptors (Lipinski definition) is 6. The summed E-state index contributed by atoms with van der Waals surface area (Å²) in [6.07, 6.45) is 0.717. The maximum Gasteiger partial charge on any atom is 0.142 e. The number of aromatic nitrogens is 2. The molecule has 6 nitrogen and oxygen atoms in total. The molecule has 0 bridgehead atoms. The lowest BCUT2D eigenvalue weighted by atomic mass is 10.2. The van der Waals surface area contributed by atoms with Crippen LogP contribution in [0.2, 0.25) is 0 Å². The van der Waals surface area contributed by atoms with Gasteiger partial charge in [-0.25, -0.2) is 9.97 Å². The van der Waals surface area contributed by atoms with Gasteiger partial charge >= 0.3 is 0 Å². The zero-order valence-corrected chi connectivity index (χ0v) is 11.8. The molecule has 0 fully saturated rings. The lowest BCUT2D eigenvalue weighted by Gasteiger charge is -2.12. The highest BCUT2D eigenvalue weighted by atomic mass is 16.5. The highest BCUT2D eigenvalue weighted by Crippen LogP contribution is 2.31. The van der Waals surface area contributed by atoms with Crippen LogP contribution in [0.1, 0.15) is 12.7 Å². The number of nitrogen functional groups attached to an aromatic ring is 1. The van der Waals surface area contributed by atoms with Crippen molar-refractivity contribution in [3.63, 3.8) is 0 Å². The smallest absolute Gasteiger partial charge is 0.142 e. The van der Waals surface area contributed by atoms with Crippen LogP contribution in [0.3, 0.4) is 0 Å². The van der Waals surface area contributed by atoms with Crippen LogP contribution in [0.25, 0.3) is 0 Å². The fourth-order valence-corrected chi connectivity index (χ4v) is 1.79. The maximum absolute atomic E-state index is 5.77. The summed E-state index contributed by atoms with van der Waals surface area (Å²) in [7, 11) is 3.22. The number of benzene rings is 1. The molecule has 2 rings (SSSR count). The highest BCUT2D eigenvalue weighted by Gasteiger charge is 2.08. The van der Waals surface area contributed by atoms with Crippen molar-refractivity contribution in [3.05, 3.63) is 30.1 Å². The average Bonchev–Trinajstić information content (AvgIpc) is 2.46. The van der Waals surface area contributed by atoms with Crippen LogP contribution < -0.4 is 20.5 Å². The van der Waals surface area contributed by atoms with E-state index in [0.29, 0.717) is 23.2 Å². The molecule has 0 spiro atoms. The Labute approximate surface area is 118 Å². The Hall–Kier alpha value is -2.50. The first-order valence-electron chi connectivity index (χ1n) is 6.28. The summed E-state index contributed by atoms with van der Waals surface area (Å²) in [6.45, 7) is 1.98. The first kappa shape index (κ1) is 13.9. The summed E-state index contributed by atoms with van der Waals surface area (Å²) in [5, 5.41) is 3.18. The van der Waals surface area contributed by atoms with Gasteiger partial charge in [0.05, 0.1) is 19.9 Å². The van der Waals surface area contributed by atoms with Gasteiger partial charge in [-0.3, -0.25) is 0 Å². The fraction of sp³-hybridized carbons (Fsp3) is 0.286. The summed E-state index contributed by atoms with van der Waals surface area (Å²) >= 11 is 0. The standard InChI is InChI=1S/C14H18N4O2/c1-4-13-17-12(15)8-14(18-13)16-10-7-9(19-2)5-6-11(10)20-3/h5-8H,4H2,1-3H3,(H3,15,16,17,18). The van der Waals surface area contributed by atoms with Gasteiger partial charge in [0.2, 0.25) is 0 Å². The van der Waals surface area contributed by atoms with Crippen molar-refractivity contribution in [2.24, 2.45) is 0 Å². The summed E-state index contributed by atoms with van der Waals surface area (Å²) in [5.74, 6) is 3.17. The van der Waals surface area contributed by atoms with Crippen molar-refractivity contribution in [3.8, 4) is 11.5 Å². The van der Waals surface area contributed by atoms with Gasteiger partial charge < -0.3 is 20.5 Å². The van der Waals surface area contributed by atoms with Crippen molar-refractivity contribution >= 4 is 17.3 Å². The summed E-state index contributed by atoms with van der Waals surface area (Å²) < 4.78 is 10.5. The van der Waals surface area contributed by atoms with Gasteiger partial charge in [0.1, 0.15) is 29.0 Å². The number of aryl methyl sites for hydroxylation is 1. The van der Waals surface area contributed by atoms with Crippen LogP contribution in [0, 0.1) is 0 Å². The third-order valence-corrected chi connectivity index (χ3v) is 2.78. The van der Waals surface area contributed by atoms with Crippen LogP contribution in [0.4, 0.5) is 17.3 Å². The van der Waals surface area contributed by atoms with Crippen LogP contribution in [0.15, 0.2) is 24.3 Å². The SMILES string of the molecule is CCc1nc(N)cc(Nc2cc(OC)ccc2OC)n1. The minimum absolute atomic E-state index is 0.432. The summed E-state index contributed by atoms with van der Waals surface area (Å²) in [6, 6.07) is 7.17. The zero-order chi connectivity index (χ0) is 14.5. The molecule has 0 radical (unpaired) electrons. The topological polar surface area (TPSA) is 82.3 Å². The van der Waals surface area contributed by atoms with Crippen LogP contribution in [-0.4, -0.2) is 24.2 Å². The van der Waals surface area contributed by atoms with Crippen molar-refractivity contribution < 1.29 is 9.47 Å². The molecule has 0 saturated heterocycles. The predicted molar refractivity (Wildman–Crippen MR) is 78.7 cm³/mol. The van der Waals surface area contributed by atoms with E-state index >= 15 is 0 Å². The zero-order valence-electron chi connectivity index (χ0n) is 11.8. The number of hydrogen-bond donors (Lipinski definition) is 2. The fourth-order valence-electron chi connectivity index (χ4n) is 1.79. The number of nitrogens with two attached hydrogens (primary N) is 1. The highest BCUT2D eigenvalue weighted by molar-refractivity contribution is 5.67. The van der Waals surface area contributed by atoms with E-state index in [0.717, 1.165) is 17.9 Å². The lowest BCUT2D eigenvalue weighted by molar-refractivity contribution is 0.405. The number of nitrogens with one attached hydrogen (secondary N) is 1. The van der Waals surface area contributed by atoms with Gasteiger partial charge in [-0.05, 0) is 12.1 Å². The second-order valence-corrected chi connectivity index (χ2v) is 4.14. The molecule has 1 aromatic carbocycles. The van der Waals surface area contributed by atoms with E-state index in [1.807, 2.05) is 25.1 Å². The molecule has 0 unspecified atom stereocenters. The molecule has 0 atom stereocenters. The Morgan fingerprint density at radius 1 is 1.15 bits per heavy atom. The van der Waals surface area contributed by atoms with Gasteiger partial charge in [0, 0.05) is 18.6 Å². The van der Waals surface area contributed by atoms with Crippen LogP contribution in [-0.2, 0) is 6.42 Å². The molecule has 3 N–H and O–H groups in total. The Morgan fingerprint density at radius 2 is 1.95 bits per heavy atom. The lowest BCUT2D eigenvalue weighted by Crippen LogP contribution is -2.03. The quantitative estimate of drug-likeness (QED) is 0.871. The Balaban J connectivity index is 2.35. The van der Waals surface area contributed by atoms with E-state index in [1.165, 1.54) is 0 Å². The van der Waals surface area contributed by atoms with Gasteiger partial charge in [-0.1, -0.05) is 6.92 Å². The molecule has 1 aromatic heterocycles. The monoisotopic (exact) mass is 274 g/mol. The molecular weight excluding hydrogens is 256 g/mol. The second-order valence-electron chi connectivity index (χ2n) is 4.14. The second kappa shape index (κ2) is 6.10. The van der Waals surface area contributed by atoms with Crippen molar-refractivity contribution in [2.45, 2.75) is 13.3 Å². The first-order valence-corrected chi connectivity index (χ1v) is 6.28. The molecule has 1 heterocycles. The van der Waals surface area contributed by atoms with E-state index in [9.17, 15) is 0 Å². The van der Waals surface area contributed by atoms with Crippen molar-refractivity contribution in [1.29, 1.82) is 0 Å². The molecule has 0 aliphatic rings. The van der Waals surface area contributed by atoms with Crippen LogP contribution >= 0.6 is 0 Å². The molecular formula is C14H18N4O2.